The van der Waals surface area contributed by atoms with Gasteiger partial charge in [0.05, 0.1) is 15.8 Å². The fourth-order valence-electron chi connectivity index (χ4n) is 4.56. The summed E-state index contributed by atoms with van der Waals surface area (Å²) in [6, 6.07) is 23.0. The van der Waals surface area contributed by atoms with E-state index in [1.807, 2.05) is 55.5 Å². The zero-order valence-corrected chi connectivity index (χ0v) is 22.5. The van der Waals surface area contributed by atoms with Crippen LogP contribution < -0.4 is 20.2 Å². The van der Waals surface area contributed by atoms with Crippen LogP contribution in [0.4, 0.5) is 5.69 Å². The highest BCUT2D eigenvalue weighted by Gasteiger charge is 2.34. The van der Waals surface area contributed by atoms with Gasteiger partial charge in [-0.2, -0.15) is 0 Å². The zero-order chi connectivity index (χ0) is 27.1. The third kappa shape index (κ3) is 4.80. The number of thiazole rings is 1. The Hall–Kier alpha value is -4.40. The molecule has 1 aliphatic heterocycles. The Morgan fingerprint density at radius 1 is 1.03 bits per heavy atom. The SMILES string of the molecule is CC1=C(C(=O)Nc2ccccc2)C(c2ccc(C)o2)n2c(sc(=Cc3ccc(-c4cccc(Cl)c4)o3)c2=O)=N1. The molecule has 1 amide bonds. The molecule has 1 unspecified atom stereocenters. The molecule has 6 rings (SSSR count). The van der Waals surface area contributed by atoms with E-state index < -0.39 is 6.04 Å². The number of nitrogens with one attached hydrogen (secondary N) is 1. The minimum atomic E-state index is -0.778. The van der Waals surface area contributed by atoms with E-state index in [1.54, 1.807) is 43.3 Å². The van der Waals surface area contributed by atoms with Gasteiger partial charge in [-0.05, 0) is 62.4 Å². The van der Waals surface area contributed by atoms with Crippen molar-refractivity contribution >= 4 is 40.6 Å². The highest BCUT2D eigenvalue weighted by Crippen LogP contribution is 2.32. The van der Waals surface area contributed by atoms with Gasteiger partial charge in [-0.1, -0.05) is 53.3 Å². The quantitative estimate of drug-likeness (QED) is 0.302. The van der Waals surface area contributed by atoms with E-state index >= 15 is 0 Å². The van der Waals surface area contributed by atoms with Crippen LogP contribution in [0, 0.1) is 6.92 Å². The Labute approximate surface area is 232 Å². The number of hydrogen-bond acceptors (Lipinski definition) is 6. The molecule has 0 aliphatic carbocycles. The summed E-state index contributed by atoms with van der Waals surface area (Å²) in [5, 5.41) is 3.53. The predicted molar refractivity (Wildman–Crippen MR) is 151 cm³/mol. The summed E-state index contributed by atoms with van der Waals surface area (Å²) in [6.07, 6.45) is 1.69. The summed E-state index contributed by atoms with van der Waals surface area (Å²) in [4.78, 5) is 32.4. The molecule has 2 aromatic carbocycles. The molecule has 0 radical (unpaired) electrons. The molecule has 3 aromatic heterocycles. The third-order valence-corrected chi connectivity index (χ3v) is 7.56. The highest BCUT2D eigenvalue weighted by atomic mass is 35.5. The number of fused-ring (bicyclic) bond motifs is 1. The molecule has 0 saturated carbocycles. The topological polar surface area (TPSA) is 89.7 Å². The van der Waals surface area contributed by atoms with Crippen molar-refractivity contribution in [2.24, 2.45) is 4.99 Å². The molecule has 0 saturated heterocycles. The van der Waals surface area contributed by atoms with Crippen molar-refractivity contribution in [2.45, 2.75) is 19.9 Å². The maximum absolute atomic E-state index is 13.8. The number of anilines is 1. The van der Waals surface area contributed by atoms with Crippen LogP contribution in [-0.4, -0.2) is 10.5 Å². The van der Waals surface area contributed by atoms with Crippen LogP contribution in [0.5, 0.6) is 0 Å². The van der Waals surface area contributed by atoms with Gasteiger partial charge in [0, 0.05) is 22.3 Å². The van der Waals surface area contributed by atoms with Crippen LogP contribution in [0.1, 0.15) is 30.2 Å². The maximum atomic E-state index is 13.8. The predicted octanol–water partition coefficient (Wildman–Crippen LogP) is 5.69. The van der Waals surface area contributed by atoms with Gasteiger partial charge < -0.3 is 14.2 Å². The Balaban J connectivity index is 1.44. The fraction of sp³-hybridized carbons (Fsp3) is 0.100. The molecule has 1 N–H and O–H groups in total. The first-order valence-corrected chi connectivity index (χ1v) is 13.4. The van der Waals surface area contributed by atoms with Crippen molar-refractivity contribution in [1.29, 1.82) is 0 Å². The largest absolute Gasteiger partial charge is 0.464 e. The summed E-state index contributed by atoms with van der Waals surface area (Å²) in [5.74, 6) is 1.95. The molecule has 9 heteroatoms. The van der Waals surface area contributed by atoms with Crippen molar-refractivity contribution in [3.05, 3.63) is 132 Å². The Morgan fingerprint density at radius 3 is 2.59 bits per heavy atom. The number of amides is 1. The first kappa shape index (κ1) is 24.9. The maximum Gasteiger partial charge on any atom is 0.271 e. The molecule has 1 atom stereocenters. The molecule has 7 nitrogen and oxygen atoms in total. The summed E-state index contributed by atoms with van der Waals surface area (Å²) < 4.78 is 13.9. The van der Waals surface area contributed by atoms with Crippen LogP contribution in [0.15, 0.2) is 109 Å². The molecule has 0 spiro atoms. The van der Waals surface area contributed by atoms with E-state index in [-0.39, 0.29) is 11.5 Å². The lowest BCUT2D eigenvalue weighted by atomic mass is 10.00. The number of aryl methyl sites for hydroxylation is 1. The number of nitrogens with zero attached hydrogens (tertiary/aromatic N) is 2. The number of rotatable bonds is 5. The van der Waals surface area contributed by atoms with Crippen LogP contribution >= 0.6 is 22.9 Å². The van der Waals surface area contributed by atoms with Crippen LogP contribution in [0.3, 0.4) is 0 Å². The number of carbonyl (C=O) groups excluding carboxylic acids is 1. The Kier molecular flexibility index (Phi) is 6.42. The second-order valence-corrected chi connectivity index (χ2v) is 10.5. The first-order valence-electron chi connectivity index (χ1n) is 12.2. The minimum Gasteiger partial charge on any atom is -0.464 e. The number of allylic oxidation sites excluding steroid dienone is 1. The number of furan rings is 2. The molecular weight excluding hydrogens is 534 g/mol. The van der Waals surface area contributed by atoms with Crippen molar-refractivity contribution < 1.29 is 13.6 Å². The normalized spacial score (nSPS) is 15.3. The molecule has 0 bridgehead atoms. The number of carbonyl (C=O) groups is 1. The van der Waals surface area contributed by atoms with E-state index in [4.69, 9.17) is 20.4 Å². The van der Waals surface area contributed by atoms with Crippen LogP contribution in [0.25, 0.3) is 17.4 Å². The van der Waals surface area contributed by atoms with E-state index in [2.05, 4.69) is 10.3 Å². The summed E-state index contributed by atoms with van der Waals surface area (Å²) in [7, 11) is 0. The van der Waals surface area contributed by atoms with Crippen LogP contribution in [0.2, 0.25) is 5.02 Å². The molecule has 0 fully saturated rings. The summed E-state index contributed by atoms with van der Waals surface area (Å²) in [6.45, 7) is 3.59. The summed E-state index contributed by atoms with van der Waals surface area (Å²) in [5.41, 5.74) is 2.03. The van der Waals surface area contributed by atoms with Gasteiger partial charge in [-0.15, -0.1) is 0 Å². The number of hydrogen-bond donors (Lipinski definition) is 1. The monoisotopic (exact) mass is 555 g/mol. The smallest absolute Gasteiger partial charge is 0.271 e. The van der Waals surface area contributed by atoms with E-state index in [1.165, 1.54) is 15.9 Å². The Bertz CT molecular complexity index is 1930. The lowest BCUT2D eigenvalue weighted by Gasteiger charge is -2.23. The second-order valence-electron chi connectivity index (χ2n) is 9.06. The number of benzene rings is 2. The molecule has 1 aliphatic rings. The lowest BCUT2D eigenvalue weighted by molar-refractivity contribution is -0.113. The van der Waals surface area contributed by atoms with Gasteiger partial charge in [0.25, 0.3) is 11.5 Å². The van der Waals surface area contributed by atoms with Gasteiger partial charge in [-0.25, -0.2) is 4.99 Å². The van der Waals surface area contributed by atoms with E-state index in [9.17, 15) is 9.59 Å². The van der Waals surface area contributed by atoms with Crippen molar-refractivity contribution in [2.75, 3.05) is 5.32 Å². The van der Waals surface area contributed by atoms with Gasteiger partial charge in [0.15, 0.2) is 4.80 Å². The first-order chi connectivity index (χ1) is 18.9. The average Bonchev–Trinajstić information content (AvgIpc) is 3.64. The second kappa shape index (κ2) is 10.1. The Morgan fingerprint density at radius 2 is 1.85 bits per heavy atom. The summed E-state index contributed by atoms with van der Waals surface area (Å²) >= 11 is 7.36. The standard InChI is InChI=1S/C30H22ClN3O4S/c1-17-11-13-24(37-17)27-26(28(35)33-21-9-4-3-5-10-21)18(2)32-30-34(27)29(36)25(39-30)16-22-12-14-23(38-22)19-7-6-8-20(31)15-19/h3-16,27H,1-2H3,(H,33,35). The third-order valence-electron chi connectivity index (χ3n) is 6.34. The van der Waals surface area contributed by atoms with E-state index in [0.29, 0.717) is 54.4 Å². The average molecular weight is 556 g/mol. The molecule has 5 aromatic rings. The van der Waals surface area contributed by atoms with Crippen molar-refractivity contribution in [3.8, 4) is 11.3 Å². The van der Waals surface area contributed by atoms with Crippen molar-refractivity contribution in [1.82, 2.24) is 4.57 Å². The molecule has 194 valence electrons. The fourth-order valence-corrected chi connectivity index (χ4v) is 5.77. The highest BCUT2D eigenvalue weighted by molar-refractivity contribution is 7.07. The number of aromatic nitrogens is 1. The molecular formula is C30H22ClN3O4S. The van der Waals surface area contributed by atoms with Crippen molar-refractivity contribution in [3.63, 3.8) is 0 Å². The van der Waals surface area contributed by atoms with Gasteiger partial charge in [-0.3, -0.25) is 14.2 Å². The molecule has 4 heterocycles. The lowest BCUT2D eigenvalue weighted by Crippen LogP contribution is -2.40. The van der Waals surface area contributed by atoms with Gasteiger partial charge in [0.1, 0.15) is 29.1 Å². The van der Waals surface area contributed by atoms with E-state index in [0.717, 1.165) is 5.56 Å². The number of halogens is 1. The van der Waals surface area contributed by atoms with Gasteiger partial charge in [0.2, 0.25) is 0 Å². The van der Waals surface area contributed by atoms with Crippen LogP contribution in [-0.2, 0) is 4.79 Å². The van der Waals surface area contributed by atoms with Gasteiger partial charge >= 0.3 is 0 Å². The zero-order valence-electron chi connectivity index (χ0n) is 21.0. The number of para-hydroxylation sites is 1. The minimum absolute atomic E-state index is 0.295. The molecule has 39 heavy (non-hydrogen) atoms.